The van der Waals surface area contributed by atoms with Gasteiger partial charge < -0.3 is 15.1 Å². The highest BCUT2D eigenvalue weighted by molar-refractivity contribution is 7.10. The van der Waals surface area contributed by atoms with Gasteiger partial charge in [-0.1, -0.05) is 19.4 Å². The molecule has 5 heteroatoms. The molecule has 0 radical (unpaired) electrons. The minimum absolute atomic E-state index is 0.232. The molecule has 20 heavy (non-hydrogen) atoms. The van der Waals surface area contributed by atoms with Crippen LogP contribution in [0.2, 0.25) is 0 Å². The number of hydrogen-bond donors (Lipinski definition) is 1. The van der Waals surface area contributed by atoms with Gasteiger partial charge in [-0.15, -0.1) is 11.3 Å². The van der Waals surface area contributed by atoms with Crippen molar-refractivity contribution < 1.29 is 4.79 Å². The molecule has 1 aliphatic rings. The summed E-state index contributed by atoms with van der Waals surface area (Å²) in [5.41, 5.74) is 0. The van der Waals surface area contributed by atoms with Gasteiger partial charge in [0.1, 0.15) is 0 Å². The van der Waals surface area contributed by atoms with E-state index in [0.29, 0.717) is 12.6 Å². The van der Waals surface area contributed by atoms with Gasteiger partial charge in [-0.3, -0.25) is 4.79 Å². The number of nitrogens with one attached hydrogen (secondary N) is 1. The highest BCUT2D eigenvalue weighted by Crippen LogP contribution is 2.22. The summed E-state index contributed by atoms with van der Waals surface area (Å²) in [4.78, 5) is 17.8. The van der Waals surface area contributed by atoms with E-state index in [4.69, 9.17) is 0 Å². The normalized spacial score (nSPS) is 18.2. The highest BCUT2D eigenvalue weighted by Gasteiger charge is 2.20. The van der Waals surface area contributed by atoms with Crippen LogP contribution in [-0.4, -0.2) is 55.5 Å². The zero-order valence-corrected chi connectivity index (χ0v) is 13.3. The van der Waals surface area contributed by atoms with E-state index in [-0.39, 0.29) is 5.91 Å². The fourth-order valence-corrected chi connectivity index (χ4v) is 3.34. The molecule has 0 spiro atoms. The van der Waals surface area contributed by atoms with Gasteiger partial charge in [0, 0.05) is 37.1 Å². The van der Waals surface area contributed by atoms with Crippen LogP contribution in [0, 0.1) is 0 Å². The average molecular weight is 295 g/mol. The summed E-state index contributed by atoms with van der Waals surface area (Å²) in [5.74, 6) is 0.232. The van der Waals surface area contributed by atoms with E-state index >= 15 is 0 Å². The van der Waals surface area contributed by atoms with Gasteiger partial charge >= 0.3 is 0 Å². The van der Waals surface area contributed by atoms with Crippen LogP contribution in [0.25, 0.3) is 0 Å². The Morgan fingerprint density at radius 2 is 2.15 bits per heavy atom. The summed E-state index contributed by atoms with van der Waals surface area (Å²) in [7, 11) is 2.11. The lowest BCUT2D eigenvalue weighted by Crippen LogP contribution is -2.49. The lowest BCUT2D eigenvalue weighted by Gasteiger charge is -2.32. The van der Waals surface area contributed by atoms with Gasteiger partial charge in [0.25, 0.3) is 0 Å². The Kier molecular flexibility index (Phi) is 6.01. The number of rotatable bonds is 6. The van der Waals surface area contributed by atoms with Crippen molar-refractivity contribution in [2.75, 3.05) is 39.8 Å². The molecule has 0 bridgehead atoms. The van der Waals surface area contributed by atoms with Crippen molar-refractivity contribution in [3.8, 4) is 0 Å². The van der Waals surface area contributed by atoms with Gasteiger partial charge in [-0.25, -0.2) is 0 Å². The first-order valence-corrected chi connectivity index (χ1v) is 8.31. The predicted molar refractivity (Wildman–Crippen MR) is 84.0 cm³/mol. The monoisotopic (exact) mass is 295 g/mol. The maximum absolute atomic E-state index is 12.2. The second-order valence-corrected chi connectivity index (χ2v) is 6.40. The molecule has 1 aliphatic heterocycles. The van der Waals surface area contributed by atoms with Crippen molar-refractivity contribution in [3.05, 3.63) is 22.4 Å². The molecule has 1 aromatic rings. The molecule has 0 aromatic carbocycles. The number of carbonyl (C=O) groups is 1. The van der Waals surface area contributed by atoms with Crippen LogP contribution in [-0.2, 0) is 4.79 Å². The zero-order valence-electron chi connectivity index (χ0n) is 12.5. The van der Waals surface area contributed by atoms with Crippen LogP contribution >= 0.6 is 11.3 Å². The zero-order chi connectivity index (χ0) is 14.4. The standard InChI is InChI=1S/C15H25N3OS/c1-3-5-13(14-6-4-11-20-14)16-12-15(19)18-9-7-17(2)8-10-18/h4,6,11,13,16H,3,5,7-10,12H2,1-2H3. The topological polar surface area (TPSA) is 35.6 Å². The van der Waals surface area contributed by atoms with Crippen LogP contribution in [0.15, 0.2) is 17.5 Å². The smallest absolute Gasteiger partial charge is 0.236 e. The molecule has 0 saturated carbocycles. The molecular weight excluding hydrogens is 270 g/mol. The van der Waals surface area contributed by atoms with Crippen molar-refractivity contribution in [2.45, 2.75) is 25.8 Å². The van der Waals surface area contributed by atoms with Crippen LogP contribution in [0.1, 0.15) is 30.7 Å². The van der Waals surface area contributed by atoms with Gasteiger partial charge in [-0.2, -0.15) is 0 Å². The predicted octanol–water partition coefficient (Wildman–Crippen LogP) is 1.95. The van der Waals surface area contributed by atoms with Crippen LogP contribution in [0.4, 0.5) is 0 Å². The Labute approximate surface area is 125 Å². The highest BCUT2D eigenvalue weighted by atomic mass is 32.1. The van der Waals surface area contributed by atoms with E-state index in [1.54, 1.807) is 11.3 Å². The minimum Gasteiger partial charge on any atom is -0.339 e. The van der Waals surface area contributed by atoms with E-state index in [1.807, 2.05) is 4.90 Å². The molecule has 1 saturated heterocycles. The fraction of sp³-hybridized carbons (Fsp3) is 0.667. The molecule has 1 aromatic heterocycles. The number of piperazine rings is 1. The summed E-state index contributed by atoms with van der Waals surface area (Å²) in [6.45, 7) is 6.31. The number of amides is 1. The summed E-state index contributed by atoms with van der Waals surface area (Å²) in [6.07, 6.45) is 2.20. The van der Waals surface area contributed by atoms with E-state index in [1.165, 1.54) is 4.88 Å². The van der Waals surface area contributed by atoms with Crippen LogP contribution in [0.3, 0.4) is 0 Å². The molecule has 4 nitrogen and oxygen atoms in total. The number of nitrogens with zero attached hydrogens (tertiary/aromatic N) is 2. The summed E-state index contributed by atoms with van der Waals surface area (Å²) < 4.78 is 0. The number of hydrogen-bond acceptors (Lipinski definition) is 4. The van der Waals surface area contributed by atoms with Crippen molar-refractivity contribution in [3.63, 3.8) is 0 Å². The Morgan fingerprint density at radius 1 is 1.40 bits per heavy atom. The first-order valence-electron chi connectivity index (χ1n) is 7.43. The van der Waals surface area contributed by atoms with Gasteiger partial charge in [0.05, 0.1) is 6.54 Å². The number of thiophene rings is 1. The van der Waals surface area contributed by atoms with Crippen LogP contribution in [0.5, 0.6) is 0 Å². The van der Waals surface area contributed by atoms with Crippen LogP contribution < -0.4 is 5.32 Å². The maximum atomic E-state index is 12.2. The average Bonchev–Trinajstić information content (AvgIpc) is 2.98. The molecule has 1 unspecified atom stereocenters. The quantitative estimate of drug-likeness (QED) is 0.871. The Bertz CT molecular complexity index is 399. The third-order valence-corrected chi connectivity index (χ3v) is 4.81. The Balaban J connectivity index is 1.81. The van der Waals surface area contributed by atoms with Crippen molar-refractivity contribution in [1.82, 2.24) is 15.1 Å². The minimum atomic E-state index is 0.232. The Morgan fingerprint density at radius 3 is 2.75 bits per heavy atom. The van der Waals surface area contributed by atoms with E-state index in [2.05, 4.69) is 41.7 Å². The lowest BCUT2D eigenvalue weighted by molar-refractivity contribution is -0.131. The van der Waals surface area contributed by atoms with E-state index in [9.17, 15) is 4.79 Å². The number of carbonyl (C=O) groups excluding carboxylic acids is 1. The second kappa shape index (κ2) is 7.76. The van der Waals surface area contributed by atoms with Gasteiger partial charge in [-0.05, 0) is 24.9 Å². The van der Waals surface area contributed by atoms with Gasteiger partial charge in [0.2, 0.25) is 5.91 Å². The molecule has 0 aliphatic carbocycles. The Hall–Kier alpha value is -0.910. The number of likely N-dealkylation sites (N-methyl/N-ethyl adjacent to an activating group) is 1. The largest absolute Gasteiger partial charge is 0.339 e. The maximum Gasteiger partial charge on any atom is 0.236 e. The molecule has 2 rings (SSSR count). The fourth-order valence-electron chi connectivity index (χ4n) is 2.50. The summed E-state index contributed by atoms with van der Waals surface area (Å²) in [5, 5.41) is 5.54. The third-order valence-electron chi connectivity index (χ3n) is 3.82. The summed E-state index contributed by atoms with van der Waals surface area (Å²) in [6, 6.07) is 4.54. The first-order chi connectivity index (χ1) is 9.70. The first kappa shape index (κ1) is 15.5. The summed E-state index contributed by atoms with van der Waals surface area (Å²) >= 11 is 1.76. The van der Waals surface area contributed by atoms with E-state index < -0.39 is 0 Å². The SMILES string of the molecule is CCCC(NCC(=O)N1CCN(C)CC1)c1cccs1. The molecule has 112 valence electrons. The van der Waals surface area contributed by atoms with Gasteiger partial charge in [0.15, 0.2) is 0 Å². The van der Waals surface area contributed by atoms with Crippen molar-refractivity contribution in [2.24, 2.45) is 0 Å². The molecule has 1 fully saturated rings. The molecule has 2 heterocycles. The van der Waals surface area contributed by atoms with Crippen molar-refractivity contribution in [1.29, 1.82) is 0 Å². The molecule has 1 atom stereocenters. The molecule has 1 N–H and O–H groups in total. The van der Waals surface area contributed by atoms with Crippen molar-refractivity contribution >= 4 is 17.2 Å². The third kappa shape index (κ3) is 4.30. The lowest BCUT2D eigenvalue weighted by atomic mass is 10.1. The van der Waals surface area contributed by atoms with E-state index in [0.717, 1.165) is 39.0 Å². The second-order valence-electron chi connectivity index (χ2n) is 5.42. The molecular formula is C15H25N3OS. The molecule has 1 amide bonds.